The molecule has 0 aliphatic rings. The van der Waals surface area contributed by atoms with Crippen LogP contribution in [0.5, 0.6) is 0 Å². The Kier molecular flexibility index (Phi) is 5.23. The summed E-state index contributed by atoms with van der Waals surface area (Å²) in [6.45, 7) is 0.488. The lowest BCUT2D eigenvalue weighted by atomic mass is 10.2. The maximum Gasteiger partial charge on any atom is 0.316 e. The maximum absolute atomic E-state index is 12.3. The average Bonchev–Trinajstić information content (AvgIpc) is 2.64. The zero-order valence-corrected chi connectivity index (χ0v) is 15.0. The molecule has 1 N–H and O–H groups in total. The first kappa shape index (κ1) is 17.9. The molecule has 0 atom stereocenters. The highest BCUT2D eigenvalue weighted by Gasteiger charge is 2.11. The second kappa shape index (κ2) is 7.58. The van der Waals surface area contributed by atoms with Crippen LogP contribution >= 0.6 is 11.6 Å². The minimum Gasteiger partial charge on any atom is -0.352 e. The fourth-order valence-corrected chi connectivity index (χ4v) is 3.04. The molecule has 7 heteroatoms. The van der Waals surface area contributed by atoms with Crippen LogP contribution in [-0.4, -0.2) is 15.0 Å². The van der Waals surface area contributed by atoms with Crippen LogP contribution in [0.2, 0.25) is 5.02 Å². The van der Waals surface area contributed by atoms with E-state index in [0.29, 0.717) is 22.6 Å². The number of hydrogen-bond acceptors (Lipinski definition) is 3. The highest BCUT2D eigenvalue weighted by atomic mass is 35.5. The van der Waals surface area contributed by atoms with Crippen LogP contribution in [0, 0.1) is 0 Å². The van der Waals surface area contributed by atoms with Crippen LogP contribution < -0.4 is 16.4 Å². The molecule has 26 heavy (non-hydrogen) atoms. The van der Waals surface area contributed by atoms with Gasteiger partial charge in [0.25, 0.3) is 0 Å². The molecule has 0 unspecified atom stereocenters. The third-order valence-electron chi connectivity index (χ3n) is 4.21. The van der Waals surface area contributed by atoms with Crippen molar-refractivity contribution in [3.63, 3.8) is 0 Å². The number of nitrogens with one attached hydrogen (secondary N) is 1. The van der Waals surface area contributed by atoms with Crippen molar-refractivity contribution in [2.75, 3.05) is 0 Å². The first-order valence-electron chi connectivity index (χ1n) is 8.17. The number of benzene rings is 2. The topological polar surface area (TPSA) is 73.1 Å². The number of fused-ring (bicyclic) bond motifs is 1. The summed E-state index contributed by atoms with van der Waals surface area (Å²) < 4.78 is 2.68. The summed E-state index contributed by atoms with van der Waals surface area (Å²) in [5.41, 5.74) is 0.928. The third kappa shape index (κ3) is 3.70. The summed E-state index contributed by atoms with van der Waals surface area (Å²) in [5, 5.41) is 3.40. The molecule has 0 fully saturated rings. The Balaban J connectivity index is 1.74. The molecule has 0 bridgehead atoms. The molecule has 0 saturated carbocycles. The van der Waals surface area contributed by atoms with E-state index in [1.165, 1.54) is 9.13 Å². The second-order valence-electron chi connectivity index (χ2n) is 5.97. The van der Waals surface area contributed by atoms with Gasteiger partial charge < -0.3 is 14.5 Å². The number of halogens is 1. The number of amides is 1. The van der Waals surface area contributed by atoms with Gasteiger partial charge in [-0.1, -0.05) is 35.9 Å². The van der Waals surface area contributed by atoms with Crippen molar-refractivity contribution in [1.82, 2.24) is 14.5 Å². The highest BCUT2D eigenvalue weighted by Crippen LogP contribution is 2.11. The van der Waals surface area contributed by atoms with Crippen LogP contribution in [0.15, 0.2) is 58.1 Å². The molecular formula is C19H18ClN3O3. The van der Waals surface area contributed by atoms with E-state index in [1.807, 2.05) is 12.1 Å². The Morgan fingerprint density at radius 2 is 1.77 bits per heavy atom. The normalized spacial score (nSPS) is 10.8. The van der Waals surface area contributed by atoms with E-state index >= 15 is 0 Å². The zero-order valence-electron chi connectivity index (χ0n) is 14.2. The molecular weight excluding hydrogens is 354 g/mol. The molecule has 3 aromatic rings. The van der Waals surface area contributed by atoms with Gasteiger partial charge in [0.15, 0.2) is 0 Å². The van der Waals surface area contributed by atoms with Gasteiger partial charge in [0.2, 0.25) is 5.91 Å². The number of aryl methyl sites for hydroxylation is 2. The van der Waals surface area contributed by atoms with Crippen molar-refractivity contribution in [3.05, 3.63) is 79.8 Å². The minimum absolute atomic E-state index is 0.0949. The van der Waals surface area contributed by atoms with Crippen LogP contribution in [0.4, 0.5) is 0 Å². The minimum atomic E-state index is -0.631. The molecule has 2 aromatic carbocycles. The van der Waals surface area contributed by atoms with Crippen molar-refractivity contribution in [2.24, 2.45) is 7.05 Å². The molecule has 3 rings (SSSR count). The van der Waals surface area contributed by atoms with Gasteiger partial charge >= 0.3 is 11.1 Å². The fourth-order valence-electron chi connectivity index (χ4n) is 2.83. The third-order valence-corrected chi connectivity index (χ3v) is 4.44. The van der Waals surface area contributed by atoms with Crippen LogP contribution in [0.1, 0.15) is 12.0 Å². The molecule has 0 aliphatic carbocycles. The number of nitrogens with zero attached hydrogens (tertiary/aromatic N) is 2. The van der Waals surface area contributed by atoms with E-state index in [9.17, 15) is 14.4 Å². The van der Waals surface area contributed by atoms with E-state index < -0.39 is 11.1 Å². The number of carbonyl (C=O) groups is 1. The molecule has 0 radical (unpaired) electrons. The standard InChI is InChI=1S/C19H18ClN3O3/c1-22-15-7-2-3-8-16(15)23(19(26)18(22)25)10-9-17(24)21-12-13-5-4-6-14(20)11-13/h2-8,11H,9-10,12H2,1H3,(H,21,24). The van der Waals surface area contributed by atoms with Crippen LogP contribution in [0.3, 0.4) is 0 Å². The van der Waals surface area contributed by atoms with Crippen LogP contribution in [-0.2, 0) is 24.9 Å². The summed E-state index contributed by atoms with van der Waals surface area (Å²) in [4.78, 5) is 36.6. The molecule has 0 aliphatic heterocycles. The van der Waals surface area contributed by atoms with E-state index in [4.69, 9.17) is 11.6 Å². The predicted octanol–water partition coefficient (Wildman–Crippen LogP) is 2.06. The molecule has 134 valence electrons. The number of hydrogen-bond donors (Lipinski definition) is 1. The van der Waals surface area contributed by atoms with Gasteiger partial charge in [0.05, 0.1) is 11.0 Å². The van der Waals surface area contributed by atoms with E-state index in [1.54, 1.807) is 43.4 Å². The van der Waals surface area contributed by atoms with Gasteiger partial charge in [0.1, 0.15) is 0 Å². The number of para-hydroxylation sites is 2. The lowest BCUT2D eigenvalue weighted by Crippen LogP contribution is -2.41. The molecule has 1 amide bonds. The van der Waals surface area contributed by atoms with E-state index in [2.05, 4.69) is 5.32 Å². The Labute approximate surface area is 154 Å². The van der Waals surface area contributed by atoms with Gasteiger partial charge in [-0.3, -0.25) is 14.4 Å². The van der Waals surface area contributed by atoms with Gasteiger partial charge in [-0.05, 0) is 29.8 Å². The van der Waals surface area contributed by atoms with Crippen molar-refractivity contribution < 1.29 is 4.79 Å². The van der Waals surface area contributed by atoms with E-state index in [0.717, 1.165) is 5.56 Å². The zero-order chi connectivity index (χ0) is 18.7. The smallest absolute Gasteiger partial charge is 0.316 e. The maximum atomic E-state index is 12.3. The van der Waals surface area contributed by atoms with Gasteiger partial charge in [0, 0.05) is 31.6 Å². The molecule has 0 spiro atoms. The summed E-state index contributed by atoms with van der Waals surface area (Å²) in [5.74, 6) is -0.207. The van der Waals surface area contributed by atoms with Gasteiger partial charge in [-0.2, -0.15) is 0 Å². The van der Waals surface area contributed by atoms with Gasteiger partial charge in [-0.25, -0.2) is 0 Å². The lowest BCUT2D eigenvalue weighted by Gasteiger charge is -2.12. The van der Waals surface area contributed by atoms with Crippen molar-refractivity contribution in [1.29, 1.82) is 0 Å². The van der Waals surface area contributed by atoms with Crippen molar-refractivity contribution >= 4 is 28.5 Å². The number of rotatable bonds is 5. The summed E-state index contributed by atoms with van der Waals surface area (Å²) in [6, 6.07) is 14.4. The number of aromatic nitrogens is 2. The molecule has 1 heterocycles. The monoisotopic (exact) mass is 371 g/mol. The van der Waals surface area contributed by atoms with Crippen molar-refractivity contribution in [3.8, 4) is 0 Å². The predicted molar refractivity (Wildman–Crippen MR) is 101 cm³/mol. The van der Waals surface area contributed by atoms with Crippen molar-refractivity contribution in [2.45, 2.75) is 19.5 Å². The Bertz CT molecular complexity index is 1090. The average molecular weight is 372 g/mol. The first-order valence-corrected chi connectivity index (χ1v) is 8.55. The Morgan fingerprint density at radius 3 is 2.50 bits per heavy atom. The summed E-state index contributed by atoms with van der Waals surface area (Å²) in [7, 11) is 1.56. The first-order chi connectivity index (χ1) is 12.5. The molecule has 0 saturated heterocycles. The second-order valence-corrected chi connectivity index (χ2v) is 6.40. The SMILES string of the molecule is Cn1c(=O)c(=O)n(CCC(=O)NCc2cccc(Cl)c2)c2ccccc21. The summed E-state index contributed by atoms with van der Waals surface area (Å²) >= 11 is 5.92. The quantitative estimate of drug-likeness (QED) is 0.698. The van der Waals surface area contributed by atoms with Gasteiger partial charge in [-0.15, -0.1) is 0 Å². The Hall–Kier alpha value is -2.86. The highest BCUT2D eigenvalue weighted by molar-refractivity contribution is 6.30. The molecule has 6 nitrogen and oxygen atoms in total. The Morgan fingerprint density at radius 1 is 1.04 bits per heavy atom. The number of carbonyl (C=O) groups excluding carboxylic acids is 1. The molecule has 1 aromatic heterocycles. The van der Waals surface area contributed by atoms with Crippen LogP contribution in [0.25, 0.3) is 11.0 Å². The largest absolute Gasteiger partial charge is 0.352 e. The lowest BCUT2D eigenvalue weighted by molar-refractivity contribution is -0.121. The summed E-state index contributed by atoms with van der Waals surface area (Å²) in [6.07, 6.45) is 0.0949. The van der Waals surface area contributed by atoms with E-state index in [-0.39, 0.29) is 18.9 Å². The fraction of sp³-hybridized carbons (Fsp3) is 0.211.